The zero-order valence-corrected chi connectivity index (χ0v) is 15.0. The number of hydrogen-bond donors (Lipinski definition) is 0. The van der Waals surface area contributed by atoms with Gasteiger partial charge in [0.25, 0.3) is 0 Å². The predicted octanol–water partition coefficient (Wildman–Crippen LogP) is 5.52. The van der Waals surface area contributed by atoms with Crippen LogP contribution in [0.25, 0.3) is 44.5 Å². The van der Waals surface area contributed by atoms with Crippen LogP contribution in [0.2, 0.25) is 0 Å². The summed E-state index contributed by atoms with van der Waals surface area (Å²) in [5, 5.41) is 3.66. The van der Waals surface area contributed by atoms with Crippen molar-refractivity contribution in [1.29, 1.82) is 0 Å². The Balaban J connectivity index is 1.93. The lowest BCUT2D eigenvalue weighted by Crippen LogP contribution is -2.04. The van der Waals surface area contributed by atoms with Crippen LogP contribution in [0.3, 0.4) is 0 Å². The van der Waals surface area contributed by atoms with Gasteiger partial charge in [0, 0.05) is 34.2 Å². The minimum absolute atomic E-state index is 0.675. The maximum atomic E-state index is 4.56. The average Bonchev–Trinajstić information content (AvgIpc) is 3.27. The van der Waals surface area contributed by atoms with Crippen molar-refractivity contribution in [3.8, 4) is 11.6 Å². The molecular formula is C24H16N4. The summed E-state index contributed by atoms with van der Waals surface area (Å²) < 4.78 is 4.47. The number of para-hydroxylation sites is 3. The molecule has 3 aromatic carbocycles. The summed E-state index contributed by atoms with van der Waals surface area (Å²) in [7, 11) is 0. The topological polar surface area (TPSA) is 35.6 Å². The second-order valence-corrected chi connectivity index (χ2v) is 6.79. The highest BCUT2D eigenvalue weighted by Gasteiger charge is 2.22. The average molecular weight is 360 g/mol. The summed E-state index contributed by atoms with van der Waals surface area (Å²) in [4.78, 5) is 9.13. The third-order valence-corrected chi connectivity index (χ3v) is 5.24. The SMILES string of the molecule is c1ccc(-n2c3ccccc3c3c4ccccc4n(-c4ncccn4)c32)cc1. The van der Waals surface area contributed by atoms with E-state index in [-0.39, 0.29) is 0 Å². The van der Waals surface area contributed by atoms with Crippen LogP contribution in [-0.2, 0) is 0 Å². The second kappa shape index (κ2) is 5.79. The molecule has 4 nitrogen and oxygen atoms in total. The summed E-state index contributed by atoms with van der Waals surface area (Å²) >= 11 is 0. The summed E-state index contributed by atoms with van der Waals surface area (Å²) in [5.41, 5.74) is 4.48. The zero-order chi connectivity index (χ0) is 18.5. The molecule has 0 aliphatic carbocycles. The van der Waals surface area contributed by atoms with E-state index in [1.165, 1.54) is 21.7 Å². The van der Waals surface area contributed by atoms with Crippen LogP contribution in [-0.4, -0.2) is 19.1 Å². The lowest BCUT2D eigenvalue weighted by Gasteiger charge is -2.11. The van der Waals surface area contributed by atoms with Crippen LogP contribution in [0.15, 0.2) is 97.3 Å². The van der Waals surface area contributed by atoms with Crippen molar-refractivity contribution in [2.45, 2.75) is 0 Å². The molecule has 0 spiro atoms. The molecule has 0 aliphatic rings. The number of hydrogen-bond acceptors (Lipinski definition) is 2. The number of fused-ring (bicyclic) bond motifs is 5. The molecule has 0 fully saturated rings. The van der Waals surface area contributed by atoms with E-state index in [9.17, 15) is 0 Å². The van der Waals surface area contributed by atoms with Crippen molar-refractivity contribution in [3.05, 3.63) is 97.3 Å². The van der Waals surface area contributed by atoms with Crippen LogP contribution < -0.4 is 0 Å². The number of benzene rings is 3. The molecule has 4 heteroatoms. The van der Waals surface area contributed by atoms with E-state index in [4.69, 9.17) is 0 Å². The maximum absolute atomic E-state index is 4.56. The van der Waals surface area contributed by atoms with E-state index < -0.39 is 0 Å². The summed E-state index contributed by atoms with van der Waals surface area (Å²) in [5.74, 6) is 0.675. The minimum Gasteiger partial charge on any atom is -0.295 e. The second-order valence-electron chi connectivity index (χ2n) is 6.79. The fraction of sp³-hybridized carbons (Fsp3) is 0. The van der Waals surface area contributed by atoms with Crippen LogP contribution in [0, 0.1) is 0 Å². The van der Waals surface area contributed by atoms with Gasteiger partial charge in [-0.15, -0.1) is 0 Å². The molecule has 132 valence electrons. The van der Waals surface area contributed by atoms with Gasteiger partial charge < -0.3 is 0 Å². The first-order valence-corrected chi connectivity index (χ1v) is 9.29. The molecule has 3 aromatic heterocycles. The van der Waals surface area contributed by atoms with Crippen LogP contribution in [0.5, 0.6) is 0 Å². The predicted molar refractivity (Wildman–Crippen MR) is 113 cm³/mol. The Morgan fingerprint density at radius 1 is 0.536 bits per heavy atom. The molecule has 0 unspecified atom stereocenters. The monoisotopic (exact) mass is 360 g/mol. The first kappa shape index (κ1) is 15.2. The van der Waals surface area contributed by atoms with Crippen molar-refractivity contribution in [1.82, 2.24) is 19.1 Å². The van der Waals surface area contributed by atoms with Crippen LogP contribution in [0.4, 0.5) is 0 Å². The molecule has 0 saturated carbocycles. The first-order chi connectivity index (χ1) is 13.9. The summed E-state index contributed by atoms with van der Waals surface area (Å²) in [6.45, 7) is 0. The van der Waals surface area contributed by atoms with Gasteiger partial charge in [-0.3, -0.25) is 9.13 Å². The van der Waals surface area contributed by atoms with Crippen LogP contribution in [0.1, 0.15) is 0 Å². The highest BCUT2D eigenvalue weighted by molar-refractivity contribution is 6.22. The molecule has 28 heavy (non-hydrogen) atoms. The Kier molecular flexibility index (Phi) is 3.14. The third kappa shape index (κ3) is 2.00. The lowest BCUT2D eigenvalue weighted by molar-refractivity contribution is 0.958. The maximum Gasteiger partial charge on any atom is 0.235 e. The number of aromatic nitrogens is 4. The van der Waals surface area contributed by atoms with Gasteiger partial charge in [-0.05, 0) is 30.3 Å². The van der Waals surface area contributed by atoms with Crippen molar-refractivity contribution < 1.29 is 0 Å². The molecule has 0 radical (unpaired) electrons. The summed E-state index contributed by atoms with van der Waals surface area (Å²) in [6, 6.07) is 29.3. The van der Waals surface area contributed by atoms with Crippen molar-refractivity contribution in [3.63, 3.8) is 0 Å². The molecule has 0 atom stereocenters. The normalized spacial score (nSPS) is 11.6. The molecule has 0 saturated heterocycles. The molecule has 0 bridgehead atoms. The van der Waals surface area contributed by atoms with Crippen LogP contribution >= 0.6 is 0 Å². The Morgan fingerprint density at radius 2 is 1.11 bits per heavy atom. The Morgan fingerprint density at radius 3 is 1.79 bits per heavy atom. The fourth-order valence-corrected chi connectivity index (χ4v) is 4.15. The summed E-state index contributed by atoms with van der Waals surface area (Å²) in [6.07, 6.45) is 3.58. The van der Waals surface area contributed by atoms with E-state index in [0.717, 1.165) is 16.9 Å². The van der Waals surface area contributed by atoms with Gasteiger partial charge >= 0.3 is 0 Å². The third-order valence-electron chi connectivity index (χ3n) is 5.24. The van der Waals surface area contributed by atoms with Gasteiger partial charge in [0.1, 0.15) is 5.65 Å². The lowest BCUT2D eigenvalue weighted by atomic mass is 10.1. The largest absolute Gasteiger partial charge is 0.295 e. The van der Waals surface area contributed by atoms with E-state index in [0.29, 0.717) is 5.95 Å². The van der Waals surface area contributed by atoms with Crippen molar-refractivity contribution >= 4 is 32.8 Å². The molecule has 0 aliphatic heterocycles. The number of nitrogens with zero attached hydrogens (tertiary/aromatic N) is 4. The van der Waals surface area contributed by atoms with E-state index >= 15 is 0 Å². The Bertz CT molecular complexity index is 1340. The quantitative estimate of drug-likeness (QED) is 0.408. The molecule has 3 heterocycles. The van der Waals surface area contributed by atoms with Gasteiger partial charge in [0.15, 0.2) is 0 Å². The zero-order valence-electron chi connectivity index (χ0n) is 15.0. The minimum atomic E-state index is 0.675. The van der Waals surface area contributed by atoms with Gasteiger partial charge in [-0.1, -0.05) is 54.6 Å². The van der Waals surface area contributed by atoms with Crippen molar-refractivity contribution in [2.75, 3.05) is 0 Å². The van der Waals surface area contributed by atoms with Gasteiger partial charge in [-0.25, -0.2) is 9.97 Å². The molecule has 0 N–H and O–H groups in total. The fourth-order valence-electron chi connectivity index (χ4n) is 4.15. The number of rotatable bonds is 2. The molecule has 0 amide bonds. The van der Waals surface area contributed by atoms with E-state index in [1.54, 1.807) is 12.4 Å². The smallest absolute Gasteiger partial charge is 0.235 e. The molecule has 6 aromatic rings. The van der Waals surface area contributed by atoms with Gasteiger partial charge in [0.05, 0.1) is 11.0 Å². The Hall–Kier alpha value is -3.92. The Labute approximate surface area is 161 Å². The highest BCUT2D eigenvalue weighted by atomic mass is 15.2. The standard InChI is InChI=1S/C24H16N4/c1-2-9-17(10-3-1)27-20-13-6-4-11-18(20)22-19-12-5-7-14-21(19)28(23(22)27)24-25-15-8-16-26-24/h1-16H. The van der Waals surface area contributed by atoms with Crippen molar-refractivity contribution in [2.24, 2.45) is 0 Å². The van der Waals surface area contributed by atoms with Gasteiger partial charge in [-0.2, -0.15) is 0 Å². The molecular weight excluding hydrogens is 344 g/mol. The van der Waals surface area contributed by atoms with E-state index in [1.807, 2.05) is 12.1 Å². The highest BCUT2D eigenvalue weighted by Crippen LogP contribution is 2.39. The van der Waals surface area contributed by atoms with Gasteiger partial charge in [0.2, 0.25) is 5.95 Å². The van der Waals surface area contributed by atoms with E-state index in [2.05, 4.69) is 91.9 Å². The first-order valence-electron chi connectivity index (χ1n) is 9.29. The molecule has 6 rings (SSSR count).